The molecule has 0 spiro atoms. The number of hydrogen-bond donors (Lipinski definition) is 2. The van der Waals surface area contributed by atoms with Gasteiger partial charge in [0.25, 0.3) is 0 Å². The molecule has 1 aromatic heterocycles. The summed E-state index contributed by atoms with van der Waals surface area (Å²) in [4.78, 5) is 21.4. The van der Waals surface area contributed by atoms with Gasteiger partial charge in [0.05, 0.1) is 5.02 Å². The van der Waals surface area contributed by atoms with Gasteiger partial charge in [0.1, 0.15) is 17.4 Å². The van der Waals surface area contributed by atoms with Gasteiger partial charge in [0.2, 0.25) is 12.0 Å². The van der Waals surface area contributed by atoms with Crippen LogP contribution in [-0.4, -0.2) is 37.7 Å². The number of rotatable bonds is 5. The Hall–Kier alpha value is -1.53. The van der Waals surface area contributed by atoms with E-state index in [1.807, 2.05) is 30.3 Å². The maximum Gasteiger partial charge on any atom is 1.00 e. The summed E-state index contributed by atoms with van der Waals surface area (Å²) >= 11 is 13.0. The molecular weight excluding hydrogens is 522 g/mol. The van der Waals surface area contributed by atoms with Crippen molar-refractivity contribution in [3.8, 4) is 17.1 Å². The van der Waals surface area contributed by atoms with Crippen LogP contribution < -0.4 is 61.2 Å². The number of nitrogens with one attached hydrogen (secondary N) is 1. The van der Waals surface area contributed by atoms with Crippen molar-refractivity contribution < 1.29 is 75.9 Å². The molecule has 1 saturated carbocycles. The van der Waals surface area contributed by atoms with Crippen LogP contribution in [-0.2, 0) is 13.0 Å². The number of aromatic nitrogens is 4. The third kappa shape index (κ3) is 6.62. The average molecular weight is 543 g/mol. The topological polar surface area (TPSA) is 141 Å². The van der Waals surface area contributed by atoms with Crippen LogP contribution in [0.1, 0.15) is 47.2 Å². The average Bonchev–Trinajstić information content (AvgIpc) is 3.57. The fourth-order valence-electron chi connectivity index (χ4n) is 4.64. The van der Waals surface area contributed by atoms with Crippen LogP contribution in [0.5, 0.6) is 5.75 Å². The Kier molecular flexibility index (Phi) is 10.1. The van der Waals surface area contributed by atoms with Gasteiger partial charge in [-0.05, 0) is 47.6 Å². The number of nitrogens with zero attached hydrogens (tertiary/aromatic N) is 3. The van der Waals surface area contributed by atoms with Crippen LogP contribution in [0.4, 0.5) is 4.79 Å². The first-order valence-corrected chi connectivity index (χ1v) is 11.5. The molecule has 0 aliphatic heterocycles. The van der Waals surface area contributed by atoms with Gasteiger partial charge in [-0.15, -0.1) is 10.2 Å². The van der Waals surface area contributed by atoms with Gasteiger partial charge in [-0.1, -0.05) is 60.3 Å². The number of carboxylic acid groups (broad SMARTS) is 2. The number of ether oxygens (including phenoxy) is 1. The van der Waals surface area contributed by atoms with Gasteiger partial charge < -0.3 is 19.7 Å². The van der Waals surface area contributed by atoms with Crippen molar-refractivity contribution in [2.24, 2.45) is 11.8 Å². The van der Waals surface area contributed by atoms with Crippen molar-refractivity contribution in [3.63, 3.8) is 0 Å². The molecule has 1 atom stereocenters. The van der Waals surface area contributed by atoms with Gasteiger partial charge in [-0.3, -0.25) is 4.79 Å². The third-order valence-corrected chi connectivity index (χ3v) is 7.05. The number of aromatic amines is 1. The number of Topliss-reactive ketones (excluding diaryl/α,β-unsaturated/α-hetero) is 1. The SMILES string of the molecule is O=C([O-])O.O=C1c2c(cc(OCc3ccc(-c4nn[nH]n4)cc3)c(Cl)c2Cl)CC1C1CCCC1.[K+]. The molecule has 9 nitrogen and oxygen atoms in total. The van der Waals surface area contributed by atoms with E-state index in [0.29, 0.717) is 39.7 Å². The molecule has 2 aliphatic carbocycles. The maximum absolute atomic E-state index is 13.0. The summed E-state index contributed by atoms with van der Waals surface area (Å²) in [7, 11) is 0. The zero-order valence-corrected chi connectivity index (χ0v) is 23.6. The van der Waals surface area contributed by atoms with Crippen LogP contribution in [0.3, 0.4) is 0 Å². The Bertz CT molecular complexity index is 1180. The number of tetrazole rings is 1. The first-order chi connectivity index (χ1) is 16.3. The van der Waals surface area contributed by atoms with Crippen molar-refractivity contribution in [1.82, 2.24) is 20.6 Å². The van der Waals surface area contributed by atoms with Gasteiger partial charge in [0.15, 0.2) is 5.78 Å². The zero-order chi connectivity index (χ0) is 24.2. The van der Waals surface area contributed by atoms with Gasteiger partial charge in [-0.2, -0.15) is 5.21 Å². The molecule has 12 heteroatoms. The molecule has 2 N–H and O–H groups in total. The molecule has 178 valence electrons. The van der Waals surface area contributed by atoms with Crippen LogP contribution in [0.25, 0.3) is 11.4 Å². The summed E-state index contributed by atoms with van der Waals surface area (Å²) in [5.74, 6) is 1.69. The van der Waals surface area contributed by atoms with E-state index in [9.17, 15) is 4.79 Å². The molecule has 3 aromatic rings. The Morgan fingerprint density at radius 3 is 2.43 bits per heavy atom. The second-order valence-corrected chi connectivity index (χ2v) is 9.00. The molecular formula is C23H21Cl2KN4O5. The van der Waals surface area contributed by atoms with Crippen molar-refractivity contribution in [2.75, 3.05) is 0 Å². The summed E-state index contributed by atoms with van der Waals surface area (Å²) in [6.45, 7) is 0.335. The minimum atomic E-state index is -2.08. The molecule has 2 aliphatic rings. The molecule has 0 saturated heterocycles. The van der Waals surface area contributed by atoms with Crippen molar-refractivity contribution >= 4 is 35.1 Å². The molecule has 5 rings (SSSR count). The fraction of sp³-hybridized carbons (Fsp3) is 0.348. The molecule has 1 unspecified atom stereocenters. The third-order valence-electron chi connectivity index (χ3n) is 6.20. The number of carbonyl (C=O) groups excluding carboxylic acids is 1. The summed E-state index contributed by atoms with van der Waals surface area (Å²) in [5.41, 5.74) is 3.38. The van der Waals surface area contributed by atoms with Crippen molar-refractivity contribution in [1.29, 1.82) is 0 Å². The standard InChI is InChI=1S/C22H20Cl2N4O2.CH2O3.K/c23-19-17(30-11-12-5-7-14(8-6-12)22-25-27-28-26-22)10-15-9-16(13-3-1-2-4-13)21(29)18(15)20(19)24;2-1(3)4;/h5-8,10,13,16H,1-4,9,11H2,(H,25,26,27,28);(H2,2,3,4);/q;;+1/p-1. The Balaban J connectivity index is 0.000000638. The fourth-order valence-corrected chi connectivity index (χ4v) is 5.15. The van der Waals surface area contributed by atoms with Gasteiger partial charge in [-0.25, -0.2) is 0 Å². The monoisotopic (exact) mass is 542 g/mol. The number of carbonyl (C=O) groups is 2. The summed E-state index contributed by atoms with van der Waals surface area (Å²) in [6, 6.07) is 9.59. The van der Waals surface area contributed by atoms with E-state index >= 15 is 0 Å². The van der Waals surface area contributed by atoms with E-state index in [2.05, 4.69) is 20.6 Å². The molecule has 2 aromatic carbocycles. The van der Waals surface area contributed by atoms with E-state index < -0.39 is 6.16 Å². The first-order valence-electron chi connectivity index (χ1n) is 10.8. The smallest absolute Gasteiger partial charge is 0.565 e. The first kappa shape index (κ1) is 28.0. The largest absolute Gasteiger partial charge is 1.00 e. The molecule has 1 fully saturated rings. The molecule has 1 heterocycles. The van der Waals surface area contributed by atoms with Crippen LogP contribution in [0.2, 0.25) is 10.0 Å². The number of hydrogen-bond acceptors (Lipinski definition) is 7. The Morgan fingerprint density at radius 1 is 1.17 bits per heavy atom. The van der Waals surface area contributed by atoms with Crippen LogP contribution >= 0.6 is 23.2 Å². The second kappa shape index (κ2) is 12.6. The summed E-state index contributed by atoms with van der Waals surface area (Å²) in [6.07, 6.45) is 3.31. The Morgan fingerprint density at radius 2 is 1.83 bits per heavy atom. The minimum absolute atomic E-state index is 0. The van der Waals surface area contributed by atoms with Crippen LogP contribution in [0.15, 0.2) is 30.3 Å². The molecule has 0 radical (unpaired) electrons. The number of H-pyrrole nitrogens is 1. The number of benzene rings is 2. The maximum atomic E-state index is 13.0. The molecule has 0 bridgehead atoms. The number of halogens is 2. The predicted octanol–water partition coefficient (Wildman–Crippen LogP) is 1.19. The Labute approximate surface area is 254 Å². The normalized spacial score (nSPS) is 16.7. The second-order valence-electron chi connectivity index (χ2n) is 8.24. The van der Waals surface area contributed by atoms with Crippen LogP contribution in [0, 0.1) is 11.8 Å². The zero-order valence-electron chi connectivity index (χ0n) is 19.0. The van der Waals surface area contributed by atoms with E-state index in [4.69, 9.17) is 42.9 Å². The predicted molar refractivity (Wildman–Crippen MR) is 122 cm³/mol. The quantitative estimate of drug-likeness (QED) is 0.458. The number of fused-ring (bicyclic) bond motifs is 1. The van der Waals surface area contributed by atoms with E-state index in [0.717, 1.165) is 36.0 Å². The van der Waals surface area contributed by atoms with Gasteiger partial charge >= 0.3 is 51.4 Å². The summed E-state index contributed by atoms with van der Waals surface area (Å²) in [5, 5.41) is 29.9. The minimum Gasteiger partial charge on any atom is -0.565 e. The van der Waals surface area contributed by atoms with Gasteiger partial charge in [0, 0.05) is 17.0 Å². The van der Waals surface area contributed by atoms with E-state index in [1.54, 1.807) is 0 Å². The van der Waals surface area contributed by atoms with Crippen molar-refractivity contribution in [3.05, 3.63) is 57.1 Å². The van der Waals surface area contributed by atoms with E-state index in [1.165, 1.54) is 12.8 Å². The molecule has 35 heavy (non-hydrogen) atoms. The van der Waals surface area contributed by atoms with Crippen molar-refractivity contribution in [2.45, 2.75) is 38.7 Å². The summed E-state index contributed by atoms with van der Waals surface area (Å²) < 4.78 is 5.98. The number of ketones is 1. The van der Waals surface area contributed by atoms with E-state index in [-0.39, 0.29) is 63.1 Å². The molecule has 0 amide bonds.